The number of carbonyl (C=O) groups excluding carboxylic acids is 2. The van der Waals surface area contributed by atoms with Gasteiger partial charge in [0.2, 0.25) is 0 Å². The molecule has 1 fully saturated rings. The smallest absolute Gasteiger partial charge is 0.279 e. The minimum Gasteiger partial charge on any atom is -0.360 e. The van der Waals surface area contributed by atoms with Gasteiger partial charge in [0.25, 0.3) is 11.6 Å². The number of hydrogen-bond acceptors (Lipinski definition) is 5. The summed E-state index contributed by atoms with van der Waals surface area (Å²) in [6.07, 6.45) is 0. The second-order valence-corrected chi connectivity index (χ2v) is 7.32. The lowest BCUT2D eigenvalue weighted by Crippen LogP contribution is -3.15. The van der Waals surface area contributed by atoms with Gasteiger partial charge in [0.05, 0.1) is 31.1 Å². The number of carbonyl (C=O) groups is 2. The van der Waals surface area contributed by atoms with Crippen LogP contribution in [0.25, 0.3) is 0 Å². The number of anilines is 2. The van der Waals surface area contributed by atoms with E-state index in [1.54, 1.807) is 19.9 Å². The number of quaternary nitrogens is 1. The van der Waals surface area contributed by atoms with E-state index in [0.29, 0.717) is 23.4 Å². The van der Waals surface area contributed by atoms with Gasteiger partial charge in [-0.3, -0.25) is 19.7 Å². The Bertz CT molecular complexity index is 919. The molecule has 2 N–H and O–H groups in total. The van der Waals surface area contributed by atoms with Crippen LogP contribution < -0.4 is 15.1 Å². The largest absolute Gasteiger partial charge is 0.360 e. The van der Waals surface area contributed by atoms with Crippen molar-refractivity contribution in [3.8, 4) is 0 Å². The molecule has 1 amide bonds. The van der Waals surface area contributed by atoms with E-state index < -0.39 is 4.92 Å². The molecule has 0 saturated carbocycles. The number of rotatable bonds is 6. The van der Waals surface area contributed by atoms with Crippen molar-refractivity contribution in [1.82, 2.24) is 0 Å². The third-order valence-corrected chi connectivity index (χ3v) is 5.21. The molecule has 2 aromatic rings. The number of aryl methyl sites for hydroxylation is 1. The molecule has 0 aromatic heterocycles. The van der Waals surface area contributed by atoms with Crippen LogP contribution in [0.2, 0.25) is 0 Å². The highest BCUT2D eigenvalue weighted by molar-refractivity contribution is 5.94. The molecule has 1 heterocycles. The van der Waals surface area contributed by atoms with E-state index in [0.717, 1.165) is 31.9 Å². The van der Waals surface area contributed by atoms with E-state index in [9.17, 15) is 19.7 Å². The van der Waals surface area contributed by atoms with Crippen LogP contribution >= 0.6 is 0 Å². The van der Waals surface area contributed by atoms with Crippen LogP contribution in [0.1, 0.15) is 22.8 Å². The highest BCUT2D eigenvalue weighted by Gasteiger charge is 2.23. The standard InChI is InChI=1S/C21H24N4O4/c1-15-13-19(25(28)29)7-8-20(15)22-21(27)14-23-9-11-24(12-10-23)18-5-3-17(4-6-18)16(2)26/h3-8,13H,9-12,14H2,1-2H3,(H,22,27)/p+1. The van der Waals surface area contributed by atoms with Crippen molar-refractivity contribution < 1.29 is 19.4 Å². The predicted molar refractivity (Wildman–Crippen MR) is 111 cm³/mol. The molecule has 2 aromatic carbocycles. The van der Waals surface area contributed by atoms with Gasteiger partial charge in [-0.25, -0.2) is 0 Å². The van der Waals surface area contributed by atoms with Crippen molar-refractivity contribution in [2.45, 2.75) is 13.8 Å². The summed E-state index contributed by atoms with van der Waals surface area (Å²) in [5.41, 5.74) is 3.07. The van der Waals surface area contributed by atoms with Gasteiger partial charge in [0.15, 0.2) is 12.3 Å². The van der Waals surface area contributed by atoms with Gasteiger partial charge < -0.3 is 15.1 Å². The SMILES string of the molecule is CC(=O)c1ccc(N2CC[NH+](CC(=O)Nc3ccc([N+](=O)[O-])cc3C)CC2)cc1. The molecule has 3 rings (SSSR count). The number of non-ortho nitro benzene ring substituents is 1. The van der Waals surface area contributed by atoms with Crippen LogP contribution in [-0.4, -0.2) is 49.3 Å². The van der Waals surface area contributed by atoms with Gasteiger partial charge in [-0.15, -0.1) is 0 Å². The Morgan fingerprint density at radius 3 is 2.34 bits per heavy atom. The molecule has 152 valence electrons. The normalized spacial score (nSPS) is 14.5. The molecule has 0 aliphatic carbocycles. The topological polar surface area (TPSA) is 97.0 Å². The molecule has 0 radical (unpaired) electrons. The number of benzene rings is 2. The molecule has 0 atom stereocenters. The van der Waals surface area contributed by atoms with Crippen LogP contribution in [0.5, 0.6) is 0 Å². The van der Waals surface area contributed by atoms with Crippen LogP contribution in [0.4, 0.5) is 17.1 Å². The van der Waals surface area contributed by atoms with Crippen molar-refractivity contribution >= 4 is 28.8 Å². The van der Waals surface area contributed by atoms with Gasteiger partial charge >= 0.3 is 0 Å². The molecular weight excluding hydrogens is 372 g/mol. The van der Waals surface area contributed by atoms with Crippen LogP contribution in [0.3, 0.4) is 0 Å². The Morgan fingerprint density at radius 2 is 1.79 bits per heavy atom. The fourth-order valence-electron chi connectivity index (χ4n) is 3.49. The van der Waals surface area contributed by atoms with Gasteiger partial charge in [0.1, 0.15) is 0 Å². The molecule has 0 unspecified atom stereocenters. The molecule has 29 heavy (non-hydrogen) atoms. The van der Waals surface area contributed by atoms with Gasteiger partial charge in [-0.1, -0.05) is 0 Å². The van der Waals surface area contributed by atoms with E-state index >= 15 is 0 Å². The number of ketones is 1. The molecule has 1 saturated heterocycles. The summed E-state index contributed by atoms with van der Waals surface area (Å²) < 4.78 is 0. The highest BCUT2D eigenvalue weighted by Crippen LogP contribution is 2.21. The zero-order chi connectivity index (χ0) is 21.0. The summed E-state index contributed by atoms with van der Waals surface area (Å²) in [4.78, 5) is 37.6. The number of piperazine rings is 1. The Hall–Kier alpha value is -3.26. The number of hydrogen-bond donors (Lipinski definition) is 2. The maximum absolute atomic E-state index is 12.4. The number of Topliss-reactive ketones (excluding diaryl/α,β-unsaturated/α-hetero) is 1. The van der Waals surface area contributed by atoms with E-state index in [-0.39, 0.29) is 17.4 Å². The molecule has 1 aliphatic heterocycles. The lowest BCUT2D eigenvalue weighted by atomic mass is 10.1. The van der Waals surface area contributed by atoms with Gasteiger partial charge in [-0.2, -0.15) is 0 Å². The first kappa shape index (κ1) is 20.5. The number of nitro groups is 1. The van der Waals surface area contributed by atoms with E-state index in [2.05, 4.69) is 10.2 Å². The molecular formula is C21H25N4O4+. The Labute approximate surface area is 169 Å². The van der Waals surface area contributed by atoms with Gasteiger partial charge in [-0.05, 0) is 49.7 Å². The summed E-state index contributed by atoms with van der Waals surface area (Å²) >= 11 is 0. The third-order valence-electron chi connectivity index (χ3n) is 5.21. The second-order valence-electron chi connectivity index (χ2n) is 7.32. The molecule has 8 heteroatoms. The molecule has 1 aliphatic rings. The maximum Gasteiger partial charge on any atom is 0.279 e. The van der Waals surface area contributed by atoms with Crippen molar-refractivity contribution in [2.24, 2.45) is 0 Å². The molecule has 8 nitrogen and oxygen atoms in total. The summed E-state index contributed by atoms with van der Waals surface area (Å²) in [6.45, 7) is 6.99. The Kier molecular flexibility index (Phi) is 6.23. The van der Waals surface area contributed by atoms with Gasteiger partial charge in [0, 0.05) is 29.1 Å². The molecule has 0 bridgehead atoms. The van der Waals surface area contributed by atoms with Crippen molar-refractivity contribution in [2.75, 3.05) is 42.9 Å². The van der Waals surface area contributed by atoms with Crippen molar-refractivity contribution in [3.63, 3.8) is 0 Å². The first-order valence-electron chi connectivity index (χ1n) is 9.58. The maximum atomic E-state index is 12.4. The minimum absolute atomic E-state index is 0.0126. The molecule has 0 spiro atoms. The van der Waals surface area contributed by atoms with E-state index in [4.69, 9.17) is 0 Å². The van der Waals surface area contributed by atoms with Crippen LogP contribution in [-0.2, 0) is 4.79 Å². The quantitative estimate of drug-likeness (QED) is 0.437. The average molecular weight is 397 g/mol. The van der Waals surface area contributed by atoms with E-state index in [1.165, 1.54) is 17.0 Å². The summed E-state index contributed by atoms with van der Waals surface area (Å²) in [6, 6.07) is 12.0. The van der Waals surface area contributed by atoms with Crippen LogP contribution in [0.15, 0.2) is 42.5 Å². The summed E-state index contributed by atoms with van der Waals surface area (Å²) in [5, 5.41) is 13.7. The first-order chi connectivity index (χ1) is 13.8. The fraction of sp³-hybridized carbons (Fsp3) is 0.333. The lowest BCUT2D eigenvalue weighted by Gasteiger charge is -2.33. The average Bonchev–Trinajstić information content (AvgIpc) is 2.70. The summed E-state index contributed by atoms with van der Waals surface area (Å²) in [5.74, 6) is -0.0451. The lowest BCUT2D eigenvalue weighted by molar-refractivity contribution is -0.892. The van der Waals surface area contributed by atoms with E-state index in [1.807, 2.05) is 24.3 Å². The first-order valence-corrected chi connectivity index (χ1v) is 9.58. The number of nitrogens with one attached hydrogen (secondary N) is 2. The van der Waals surface area contributed by atoms with Crippen LogP contribution in [0, 0.1) is 17.0 Å². The predicted octanol–water partition coefficient (Wildman–Crippen LogP) is 1.45. The summed E-state index contributed by atoms with van der Waals surface area (Å²) in [7, 11) is 0. The monoisotopic (exact) mass is 397 g/mol. The zero-order valence-corrected chi connectivity index (χ0v) is 16.6. The minimum atomic E-state index is -0.449. The second kappa shape index (κ2) is 8.83. The zero-order valence-electron chi connectivity index (χ0n) is 16.6. The number of amides is 1. The highest BCUT2D eigenvalue weighted by atomic mass is 16.6. The Balaban J connectivity index is 1.51. The number of nitro benzene ring substituents is 1. The third kappa shape index (κ3) is 5.17. The van der Waals surface area contributed by atoms with Crippen molar-refractivity contribution in [3.05, 3.63) is 63.7 Å². The Morgan fingerprint density at radius 1 is 1.14 bits per heavy atom. The van der Waals surface area contributed by atoms with Crippen molar-refractivity contribution in [1.29, 1.82) is 0 Å². The number of nitrogens with zero attached hydrogens (tertiary/aromatic N) is 2. The fourth-order valence-corrected chi connectivity index (χ4v) is 3.49.